The molecule has 0 spiro atoms. The fourth-order valence-corrected chi connectivity index (χ4v) is 2.72. The predicted octanol–water partition coefficient (Wildman–Crippen LogP) is 2.64. The summed E-state index contributed by atoms with van der Waals surface area (Å²) in [6, 6.07) is 9.79. The number of para-hydroxylation sites is 1. The first kappa shape index (κ1) is 22.5. The molecule has 2 N–H and O–H groups in total. The van der Waals surface area contributed by atoms with Gasteiger partial charge in [0.25, 0.3) is 0 Å². The van der Waals surface area contributed by atoms with Gasteiger partial charge in [-0.15, -0.1) is 24.0 Å². The lowest BCUT2D eigenvalue weighted by atomic mass is 10.1. The van der Waals surface area contributed by atoms with Crippen LogP contribution in [0.4, 0.5) is 0 Å². The zero-order chi connectivity index (χ0) is 17.7. The molecule has 0 saturated carbocycles. The number of carbonyl (C=O) groups excluding carboxylic acids is 1. The minimum Gasteiger partial charge on any atom is -0.494 e. The van der Waals surface area contributed by atoms with Crippen LogP contribution >= 0.6 is 24.0 Å². The average Bonchev–Trinajstić information content (AvgIpc) is 2.67. The van der Waals surface area contributed by atoms with Gasteiger partial charge in [-0.1, -0.05) is 18.2 Å². The first-order valence-electron chi connectivity index (χ1n) is 9.27. The number of nitrogens with one attached hydrogen (secondary N) is 2. The summed E-state index contributed by atoms with van der Waals surface area (Å²) in [5.41, 5.74) is 0. The average molecular weight is 474 g/mol. The summed E-state index contributed by atoms with van der Waals surface area (Å²) < 4.78 is 5.66. The topological polar surface area (TPSA) is 66.0 Å². The molecule has 0 aromatic heterocycles. The molecule has 2 rings (SSSR count). The Hall–Kier alpha value is -1.51. The Kier molecular flexibility index (Phi) is 11.8. The number of rotatable bonds is 8. The van der Waals surface area contributed by atoms with Crippen molar-refractivity contribution in [3.63, 3.8) is 0 Å². The molecule has 1 saturated heterocycles. The van der Waals surface area contributed by atoms with Crippen LogP contribution in [0.1, 0.15) is 32.6 Å². The van der Waals surface area contributed by atoms with Crippen LogP contribution in [0.5, 0.6) is 5.75 Å². The van der Waals surface area contributed by atoms with Gasteiger partial charge in [-0.3, -0.25) is 4.79 Å². The van der Waals surface area contributed by atoms with Crippen LogP contribution in [0.15, 0.2) is 35.3 Å². The van der Waals surface area contributed by atoms with Gasteiger partial charge in [0.2, 0.25) is 5.91 Å². The van der Waals surface area contributed by atoms with Crippen LogP contribution in [0, 0.1) is 0 Å². The molecule has 0 unspecified atom stereocenters. The lowest BCUT2D eigenvalue weighted by Crippen LogP contribution is -2.41. The third-order valence-electron chi connectivity index (χ3n) is 4.05. The molecule has 0 aliphatic carbocycles. The number of carbonyl (C=O) groups is 1. The molecule has 6 nitrogen and oxygen atoms in total. The monoisotopic (exact) mass is 474 g/mol. The standard InChI is InChI=1S/C19H30N4O2.HI/c1-2-20-19(22-16-18(24)23-13-7-4-8-14-23)21-12-9-15-25-17-10-5-3-6-11-17;/h3,5-6,10-11H,2,4,7-9,12-16H2,1H3,(H2,20,21,22);1H. The van der Waals surface area contributed by atoms with E-state index < -0.39 is 0 Å². The van der Waals surface area contributed by atoms with E-state index in [1.54, 1.807) is 0 Å². The molecule has 1 aliphatic rings. The van der Waals surface area contributed by atoms with Crippen molar-refractivity contribution < 1.29 is 9.53 Å². The van der Waals surface area contributed by atoms with Crippen molar-refractivity contribution in [1.29, 1.82) is 0 Å². The summed E-state index contributed by atoms with van der Waals surface area (Å²) >= 11 is 0. The number of ether oxygens (including phenoxy) is 1. The molecule has 1 aromatic carbocycles. The number of guanidine groups is 1. The van der Waals surface area contributed by atoms with Gasteiger partial charge in [0, 0.05) is 26.2 Å². The van der Waals surface area contributed by atoms with Crippen molar-refractivity contribution >= 4 is 35.8 Å². The van der Waals surface area contributed by atoms with Crippen molar-refractivity contribution in [2.24, 2.45) is 4.99 Å². The highest BCUT2D eigenvalue weighted by molar-refractivity contribution is 14.0. The van der Waals surface area contributed by atoms with Gasteiger partial charge in [-0.05, 0) is 44.7 Å². The Bertz CT molecular complexity index is 534. The van der Waals surface area contributed by atoms with Gasteiger partial charge in [0.15, 0.2) is 5.96 Å². The minimum absolute atomic E-state index is 0. The van der Waals surface area contributed by atoms with Crippen molar-refractivity contribution in [2.75, 3.05) is 39.3 Å². The van der Waals surface area contributed by atoms with Crippen LogP contribution < -0.4 is 15.4 Å². The largest absolute Gasteiger partial charge is 0.494 e. The van der Waals surface area contributed by atoms with E-state index in [2.05, 4.69) is 15.6 Å². The Morgan fingerprint density at radius 3 is 2.58 bits per heavy atom. The number of halogens is 1. The van der Waals surface area contributed by atoms with Crippen LogP contribution in [-0.4, -0.2) is 56.1 Å². The molecule has 1 heterocycles. The Balaban J connectivity index is 0.00000338. The van der Waals surface area contributed by atoms with E-state index in [-0.39, 0.29) is 36.4 Å². The van der Waals surface area contributed by atoms with E-state index in [0.29, 0.717) is 12.6 Å². The summed E-state index contributed by atoms with van der Waals surface area (Å²) in [5, 5.41) is 6.43. The highest BCUT2D eigenvalue weighted by Crippen LogP contribution is 2.09. The number of nitrogens with zero attached hydrogens (tertiary/aromatic N) is 2. The molecular formula is C19H31IN4O2. The molecule has 1 aliphatic heterocycles. The normalized spacial score (nSPS) is 14.3. The number of amides is 1. The third-order valence-corrected chi connectivity index (χ3v) is 4.05. The van der Waals surface area contributed by atoms with Gasteiger partial charge >= 0.3 is 0 Å². The van der Waals surface area contributed by atoms with E-state index in [9.17, 15) is 4.79 Å². The molecule has 1 fully saturated rings. The predicted molar refractivity (Wildman–Crippen MR) is 116 cm³/mol. The summed E-state index contributed by atoms with van der Waals surface area (Å²) in [6.07, 6.45) is 4.30. The minimum atomic E-state index is 0. The Morgan fingerprint density at radius 1 is 1.15 bits per heavy atom. The van der Waals surface area contributed by atoms with Gasteiger partial charge in [0.05, 0.1) is 6.61 Å². The highest BCUT2D eigenvalue weighted by atomic mass is 127. The van der Waals surface area contributed by atoms with E-state index in [1.807, 2.05) is 42.2 Å². The Morgan fingerprint density at radius 2 is 1.88 bits per heavy atom. The smallest absolute Gasteiger partial charge is 0.244 e. The second kappa shape index (κ2) is 13.7. The number of hydrogen-bond acceptors (Lipinski definition) is 3. The number of piperidine rings is 1. The van der Waals surface area contributed by atoms with Gasteiger partial charge in [-0.25, -0.2) is 4.99 Å². The number of aliphatic imine (C=N–C) groups is 1. The lowest BCUT2D eigenvalue weighted by molar-refractivity contribution is -0.130. The van der Waals surface area contributed by atoms with Crippen molar-refractivity contribution in [3.8, 4) is 5.75 Å². The number of hydrogen-bond donors (Lipinski definition) is 2. The van der Waals surface area contributed by atoms with Crippen LogP contribution in [0.25, 0.3) is 0 Å². The molecule has 1 aromatic rings. The van der Waals surface area contributed by atoms with Crippen LogP contribution in [-0.2, 0) is 4.79 Å². The first-order valence-corrected chi connectivity index (χ1v) is 9.27. The van der Waals surface area contributed by atoms with Crippen molar-refractivity contribution in [1.82, 2.24) is 15.5 Å². The second-order valence-corrected chi connectivity index (χ2v) is 6.08. The van der Waals surface area contributed by atoms with E-state index >= 15 is 0 Å². The highest BCUT2D eigenvalue weighted by Gasteiger charge is 2.15. The summed E-state index contributed by atoms with van der Waals surface area (Å²) in [4.78, 5) is 18.5. The molecule has 26 heavy (non-hydrogen) atoms. The van der Waals surface area contributed by atoms with E-state index in [0.717, 1.165) is 51.2 Å². The van der Waals surface area contributed by atoms with E-state index in [1.165, 1.54) is 6.42 Å². The summed E-state index contributed by atoms with van der Waals surface area (Å²) in [7, 11) is 0. The zero-order valence-corrected chi connectivity index (χ0v) is 17.9. The van der Waals surface area contributed by atoms with Gasteiger partial charge in [0.1, 0.15) is 12.3 Å². The van der Waals surface area contributed by atoms with Crippen molar-refractivity contribution in [2.45, 2.75) is 32.6 Å². The summed E-state index contributed by atoms with van der Waals surface area (Å²) in [5.74, 6) is 1.69. The molecule has 0 radical (unpaired) electrons. The van der Waals surface area contributed by atoms with E-state index in [4.69, 9.17) is 4.74 Å². The van der Waals surface area contributed by atoms with Crippen LogP contribution in [0.3, 0.4) is 0 Å². The maximum Gasteiger partial charge on any atom is 0.244 e. The zero-order valence-electron chi connectivity index (χ0n) is 15.6. The maximum absolute atomic E-state index is 12.2. The number of likely N-dealkylation sites (tertiary alicyclic amines) is 1. The molecular weight excluding hydrogens is 443 g/mol. The molecule has 146 valence electrons. The van der Waals surface area contributed by atoms with Gasteiger partial charge < -0.3 is 20.3 Å². The summed E-state index contributed by atoms with van der Waals surface area (Å²) in [6.45, 7) is 6.12. The van der Waals surface area contributed by atoms with Gasteiger partial charge in [-0.2, -0.15) is 0 Å². The molecule has 0 bridgehead atoms. The first-order chi connectivity index (χ1) is 12.3. The lowest BCUT2D eigenvalue weighted by Gasteiger charge is -2.26. The molecule has 1 amide bonds. The molecule has 0 atom stereocenters. The van der Waals surface area contributed by atoms with Crippen molar-refractivity contribution in [3.05, 3.63) is 30.3 Å². The third kappa shape index (κ3) is 8.73. The number of benzene rings is 1. The van der Waals surface area contributed by atoms with Crippen LogP contribution in [0.2, 0.25) is 0 Å². The quantitative estimate of drug-likeness (QED) is 0.263. The SMILES string of the molecule is CCNC(=NCC(=O)N1CCCCC1)NCCCOc1ccccc1.I. The fraction of sp³-hybridized carbons (Fsp3) is 0.579. The maximum atomic E-state index is 12.2. The Labute approximate surface area is 173 Å². The second-order valence-electron chi connectivity index (χ2n) is 6.08. The fourth-order valence-electron chi connectivity index (χ4n) is 2.72. The molecule has 7 heteroatoms.